The molecule has 0 aromatic heterocycles. The second kappa shape index (κ2) is 5.83. The topological polar surface area (TPSA) is 41.6 Å². The van der Waals surface area contributed by atoms with E-state index in [-0.39, 0.29) is 12.5 Å². The van der Waals surface area contributed by atoms with Gasteiger partial charge in [0.05, 0.1) is 6.54 Å². The van der Waals surface area contributed by atoms with Crippen molar-refractivity contribution in [1.82, 2.24) is 5.32 Å². The van der Waals surface area contributed by atoms with E-state index in [2.05, 4.69) is 35.5 Å². The Kier molecular flexibility index (Phi) is 4.33. The third kappa shape index (κ3) is 3.97. The number of nitrogens with zero attached hydrogens (tertiary/aromatic N) is 1. The zero-order chi connectivity index (χ0) is 14.8. The van der Waals surface area contributed by atoms with Gasteiger partial charge in [-0.1, -0.05) is 12.1 Å². The van der Waals surface area contributed by atoms with Crippen LogP contribution in [0.3, 0.4) is 0 Å². The fourth-order valence-corrected chi connectivity index (χ4v) is 2.42. The van der Waals surface area contributed by atoms with E-state index >= 15 is 0 Å². The van der Waals surface area contributed by atoms with Crippen LogP contribution in [-0.2, 0) is 22.5 Å². The molecular weight excluding hydrogens is 252 g/mol. The first-order valence-corrected chi connectivity index (χ1v) is 7.11. The molecule has 0 bridgehead atoms. The van der Waals surface area contributed by atoms with Crippen LogP contribution >= 0.6 is 0 Å². The van der Waals surface area contributed by atoms with Crippen molar-refractivity contribution < 1.29 is 9.53 Å². The second-order valence-electron chi connectivity index (χ2n) is 6.32. The lowest BCUT2D eigenvalue weighted by molar-refractivity contribution is -0.153. The number of fused-ring (bicyclic) bond motifs is 1. The number of rotatable bonds is 4. The van der Waals surface area contributed by atoms with Crippen LogP contribution in [0.5, 0.6) is 0 Å². The lowest BCUT2D eigenvalue weighted by atomic mass is 10.1. The van der Waals surface area contributed by atoms with Crippen molar-refractivity contribution in [3.8, 4) is 0 Å². The van der Waals surface area contributed by atoms with Crippen LogP contribution < -0.4 is 10.2 Å². The van der Waals surface area contributed by atoms with Crippen LogP contribution in [-0.4, -0.2) is 31.7 Å². The molecule has 1 N–H and O–H groups in total. The Labute approximate surface area is 121 Å². The quantitative estimate of drug-likeness (QED) is 0.855. The predicted molar refractivity (Wildman–Crippen MR) is 81.0 cm³/mol. The van der Waals surface area contributed by atoms with E-state index in [1.165, 1.54) is 16.8 Å². The summed E-state index contributed by atoms with van der Waals surface area (Å²) in [4.78, 5) is 13.9. The Morgan fingerprint density at radius 2 is 2.15 bits per heavy atom. The minimum Gasteiger partial charge on any atom is -0.459 e. The van der Waals surface area contributed by atoms with Gasteiger partial charge in [-0.2, -0.15) is 0 Å². The summed E-state index contributed by atoms with van der Waals surface area (Å²) in [7, 11) is 2.12. The molecule has 1 aliphatic heterocycles. The number of likely N-dealkylation sites (N-methyl/N-ethyl adjacent to an activating group) is 1. The molecule has 0 radical (unpaired) electrons. The third-order valence-electron chi connectivity index (χ3n) is 3.29. The molecule has 1 heterocycles. The van der Waals surface area contributed by atoms with Gasteiger partial charge >= 0.3 is 5.97 Å². The first-order valence-electron chi connectivity index (χ1n) is 7.11. The van der Waals surface area contributed by atoms with E-state index < -0.39 is 5.60 Å². The Morgan fingerprint density at radius 3 is 2.85 bits per heavy atom. The van der Waals surface area contributed by atoms with Crippen LogP contribution in [0.25, 0.3) is 0 Å². The van der Waals surface area contributed by atoms with Gasteiger partial charge in [-0.3, -0.25) is 4.79 Å². The van der Waals surface area contributed by atoms with Crippen LogP contribution in [0.1, 0.15) is 31.9 Å². The summed E-state index contributed by atoms with van der Waals surface area (Å²) in [5, 5.41) is 3.14. The fourth-order valence-electron chi connectivity index (χ4n) is 2.42. The number of benzene rings is 1. The zero-order valence-electron chi connectivity index (χ0n) is 12.8. The second-order valence-corrected chi connectivity index (χ2v) is 6.32. The first kappa shape index (κ1) is 14.9. The van der Waals surface area contributed by atoms with Crippen molar-refractivity contribution in [2.75, 3.05) is 25.0 Å². The number of esters is 1. The van der Waals surface area contributed by atoms with Crippen LogP contribution in [0.4, 0.5) is 5.69 Å². The maximum absolute atomic E-state index is 11.6. The monoisotopic (exact) mass is 276 g/mol. The number of carbonyl (C=O) groups is 1. The maximum atomic E-state index is 11.6. The lowest BCUT2D eigenvalue weighted by Crippen LogP contribution is -2.31. The molecule has 0 saturated heterocycles. The Bertz CT molecular complexity index is 492. The minimum absolute atomic E-state index is 0.210. The highest BCUT2D eigenvalue weighted by molar-refractivity contribution is 5.72. The lowest BCUT2D eigenvalue weighted by Gasteiger charge is -2.19. The molecule has 1 aliphatic rings. The number of hydrogen-bond donors (Lipinski definition) is 1. The van der Waals surface area contributed by atoms with Gasteiger partial charge in [-0.05, 0) is 44.4 Å². The molecule has 1 aromatic carbocycles. The summed E-state index contributed by atoms with van der Waals surface area (Å²) in [6.45, 7) is 7.65. The van der Waals surface area contributed by atoms with Gasteiger partial charge in [0.15, 0.2) is 0 Å². The number of carbonyl (C=O) groups excluding carboxylic acids is 1. The summed E-state index contributed by atoms with van der Waals surface area (Å²) < 4.78 is 5.26. The van der Waals surface area contributed by atoms with Gasteiger partial charge in [-0.25, -0.2) is 0 Å². The molecule has 110 valence electrons. The normalized spacial score (nSPS) is 14.3. The highest BCUT2D eigenvalue weighted by Crippen LogP contribution is 2.27. The molecule has 4 heteroatoms. The molecule has 0 aliphatic carbocycles. The van der Waals surface area contributed by atoms with E-state index in [1.54, 1.807) is 0 Å². The smallest absolute Gasteiger partial charge is 0.320 e. The molecule has 0 unspecified atom stereocenters. The van der Waals surface area contributed by atoms with Crippen LogP contribution in [0.2, 0.25) is 0 Å². The predicted octanol–water partition coefficient (Wildman–Crippen LogP) is 2.11. The molecule has 0 saturated carbocycles. The highest BCUT2D eigenvalue weighted by Gasteiger charge is 2.17. The molecule has 2 rings (SSSR count). The molecule has 0 amide bonds. The van der Waals surface area contributed by atoms with Gasteiger partial charge in [0.25, 0.3) is 0 Å². The van der Waals surface area contributed by atoms with E-state index in [0.717, 1.165) is 13.0 Å². The number of nitrogens with one attached hydrogen (secondary N) is 1. The zero-order valence-corrected chi connectivity index (χ0v) is 12.8. The van der Waals surface area contributed by atoms with Crippen LogP contribution in [0.15, 0.2) is 18.2 Å². The highest BCUT2D eigenvalue weighted by atomic mass is 16.6. The fraction of sp³-hybridized carbons (Fsp3) is 0.562. The molecule has 0 spiro atoms. The molecule has 20 heavy (non-hydrogen) atoms. The van der Waals surface area contributed by atoms with Crippen molar-refractivity contribution in [1.29, 1.82) is 0 Å². The molecule has 0 fully saturated rings. The molecule has 4 nitrogen and oxygen atoms in total. The summed E-state index contributed by atoms with van der Waals surface area (Å²) in [6, 6.07) is 6.50. The van der Waals surface area contributed by atoms with Crippen molar-refractivity contribution in [3.63, 3.8) is 0 Å². The summed E-state index contributed by atoms with van der Waals surface area (Å²) in [5.41, 5.74) is 3.50. The van der Waals surface area contributed by atoms with E-state index in [1.807, 2.05) is 20.8 Å². The third-order valence-corrected chi connectivity index (χ3v) is 3.29. The van der Waals surface area contributed by atoms with Gasteiger partial charge < -0.3 is 15.0 Å². The minimum atomic E-state index is -0.420. The van der Waals surface area contributed by atoms with Gasteiger partial charge in [0.2, 0.25) is 0 Å². The van der Waals surface area contributed by atoms with E-state index in [4.69, 9.17) is 4.74 Å². The first-order chi connectivity index (χ1) is 9.35. The van der Waals surface area contributed by atoms with Crippen molar-refractivity contribution in [2.24, 2.45) is 0 Å². The summed E-state index contributed by atoms with van der Waals surface area (Å²) in [5.74, 6) is -0.210. The van der Waals surface area contributed by atoms with Crippen molar-refractivity contribution in [2.45, 2.75) is 39.3 Å². The number of ether oxygens (including phenoxy) is 1. The Balaban J connectivity index is 1.82. The standard InChI is InChI=1S/C16H24N2O2/c1-16(2,3)20-15(19)11-17-10-12-5-6-14-13(9-12)7-8-18(14)4/h5-6,9,17H,7-8,10-11H2,1-4H3. The Morgan fingerprint density at radius 1 is 1.40 bits per heavy atom. The van der Waals surface area contributed by atoms with Crippen molar-refractivity contribution in [3.05, 3.63) is 29.3 Å². The Hall–Kier alpha value is -1.55. The van der Waals surface area contributed by atoms with Gasteiger partial charge in [0, 0.05) is 25.8 Å². The average Bonchev–Trinajstić information content (AvgIpc) is 2.68. The molecular formula is C16H24N2O2. The van der Waals surface area contributed by atoms with Gasteiger partial charge in [-0.15, -0.1) is 0 Å². The largest absolute Gasteiger partial charge is 0.459 e. The SMILES string of the molecule is CN1CCc2cc(CNCC(=O)OC(C)(C)C)ccc21. The summed E-state index contributed by atoms with van der Waals surface area (Å²) >= 11 is 0. The van der Waals surface area contributed by atoms with E-state index in [0.29, 0.717) is 6.54 Å². The number of anilines is 1. The summed E-state index contributed by atoms with van der Waals surface area (Å²) in [6.07, 6.45) is 1.10. The van der Waals surface area contributed by atoms with Gasteiger partial charge in [0.1, 0.15) is 5.60 Å². The maximum Gasteiger partial charge on any atom is 0.320 e. The van der Waals surface area contributed by atoms with Crippen molar-refractivity contribution >= 4 is 11.7 Å². The molecule has 0 atom stereocenters. The number of hydrogen-bond acceptors (Lipinski definition) is 4. The van der Waals surface area contributed by atoms with E-state index in [9.17, 15) is 4.79 Å². The average molecular weight is 276 g/mol. The van der Waals surface area contributed by atoms with Crippen LogP contribution in [0, 0.1) is 0 Å². The molecule has 1 aromatic rings.